The first kappa shape index (κ1) is 19.2. The monoisotopic (exact) mass is 398 g/mol. The summed E-state index contributed by atoms with van der Waals surface area (Å²) in [5.74, 6) is -0.174. The van der Waals surface area contributed by atoms with E-state index < -0.39 is 0 Å². The van der Waals surface area contributed by atoms with Crippen LogP contribution in [-0.4, -0.2) is 33.5 Å². The van der Waals surface area contributed by atoms with Crippen molar-refractivity contribution in [1.82, 2.24) is 20.4 Å². The van der Waals surface area contributed by atoms with Crippen molar-refractivity contribution >= 4 is 5.91 Å². The van der Waals surface area contributed by atoms with Crippen LogP contribution < -0.4 is 5.32 Å². The van der Waals surface area contributed by atoms with Crippen LogP contribution >= 0.6 is 0 Å². The molecule has 1 aromatic heterocycles. The van der Waals surface area contributed by atoms with Gasteiger partial charge in [0.1, 0.15) is 11.6 Å². The molecule has 2 heterocycles. The third-order valence-electron chi connectivity index (χ3n) is 4.98. The second-order valence-electron chi connectivity index (χ2n) is 6.96. The molecule has 1 fully saturated rings. The van der Waals surface area contributed by atoms with Crippen LogP contribution in [0.1, 0.15) is 24.3 Å². The van der Waals surface area contributed by atoms with Crippen LogP contribution in [0, 0.1) is 11.6 Å². The van der Waals surface area contributed by atoms with Crippen molar-refractivity contribution in [2.45, 2.75) is 32.0 Å². The van der Waals surface area contributed by atoms with Gasteiger partial charge in [-0.05, 0) is 49.7 Å². The van der Waals surface area contributed by atoms with Gasteiger partial charge in [-0.15, -0.1) is 0 Å². The van der Waals surface area contributed by atoms with Gasteiger partial charge in [0, 0.05) is 17.7 Å². The largest absolute Gasteiger partial charge is 0.346 e. The Balaban J connectivity index is 1.35. The van der Waals surface area contributed by atoms with Crippen LogP contribution in [0.3, 0.4) is 0 Å². The fourth-order valence-corrected chi connectivity index (χ4v) is 3.48. The second kappa shape index (κ2) is 8.48. The molecule has 0 radical (unpaired) electrons. The zero-order valence-corrected chi connectivity index (χ0v) is 15.6. The summed E-state index contributed by atoms with van der Waals surface area (Å²) in [6, 6.07) is 12.0. The molecule has 150 valence electrons. The van der Waals surface area contributed by atoms with Gasteiger partial charge in [-0.25, -0.2) is 8.78 Å². The standard InChI is InChI=1S/C21H20F2N4O2/c22-16-9-7-14(8-10-16)20-25-19(29-26-20)12-24-21(28)18-6-3-11-27(18)13-15-4-1-2-5-17(15)23/h1-2,4-5,7-10,18H,3,6,11-13H2,(H,24,28). The lowest BCUT2D eigenvalue weighted by Crippen LogP contribution is -2.42. The van der Waals surface area contributed by atoms with Crippen molar-refractivity contribution in [3.05, 3.63) is 71.6 Å². The first-order valence-corrected chi connectivity index (χ1v) is 9.44. The van der Waals surface area contributed by atoms with Crippen molar-refractivity contribution in [3.8, 4) is 11.4 Å². The topological polar surface area (TPSA) is 71.3 Å². The molecular weight excluding hydrogens is 378 g/mol. The zero-order chi connectivity index (χ0) is 20.2. The number of halogens is 2. The minimum absolute atomic E-state index is 0.0943. The minimum Gasteiger partial charge on any atom is -0.346 e. The number of carbonyl (C=O) groups excluding carboxylic acids is 1. The SMILES string of the molecule is O=C(NCc1nc(-c2ccc(F)cc2)no1)C1CCCN1Cc1ccccc1F. The normalized spacial score (nSPS) is 16.8. The van der Waals surface area contributed by atoms with Crippen LogP contribution in [-0.2, 0) is 17.9 Å². The summed E-state index contributed by atoms with van der Waals surface area (Å²) < 4.78 is 32.1. The van der Waals surface area contributed by atoms with E-state index in [1.54, 1.807) is 30.3 Å². The predicted octanol–water partition coefficient (Wildman–Crippen LogP) is 3.30. The molecule has 0 aliphatic carbocycles. The van der Waals surface area contributed by atoms with Gasteiger partial charge in [0.15, 0.2) is 0 Å². The fourth-order valence-electron chi connectivity index (χ4n) is 3.48. The van der Waals surface area contributed by atoms with Crippen LogP contribution in [0.4, 0.5) is 8.78 Å². The fraction of sp³-hybridized carbons (Fsp3) is 0.286. The Morgan fingerprint density at radius 1 is 1.17 bits per heavy atom. The van der Waals surface area contributed by atoms with Crippen LogP contribution in [0.5, 0.6) is 0 Å². The Morgan fingerprint density at radius 2 is 1.97 bits per heavy atom. The van der Waals surface area contributed by atoms with Crippen LogP contribution in [0.2, 0.25) is 0 Å². The third kappa shape index (κ3) is 4.48. The van der Waals surface area contributed by atoms with Crippen LogP contribution in [0.25, 0.3) is 11.4 Å². The molecule has 6 nitrogen and oxygen atoms in total. The highest BCUT2D eigenvalue weighted by Crippen LogP contribution is 2.22. The van der Waals surface area contributed by atoms with E-state index in [0.717, 1.165) is 13.0 Å². The zero-order valence-electron chi connectivity index (χ0n) is 15.6. The molecule has 1 aliphatic rings. The summed E-state index contributed by atoms with van der Waals surface area (Å²) in [6.45, 7) is 1.22. The summed E-state index contributed by atoms with van der Waals surface area (Å²) in [6.07, 6.45) is 1.59. The Labute approximate surface area is 166 Å². The van der Waals surface area contributed by atoms with E-state index in [0.29, 0.717) is 29.9 Å². The van der Waals surface area contributed by atoms with Gasteiger partial charge in [0.2, 0.25) is 17.6 Å². The van der Waals surface area contributed by atoms with E-state index in [4.69, 9.17) is 4.52 Å². The second-order valence-corrected chi connectivity index (χ2v) is 6.96. The van der Waals surface area contributed by atoms with E-state index in [2.05, 4.69) is 15.5 Å². The van der Waals surface area contributed by atoms with Crippen molar-refractivity contribution in [3.63, 3.8) is 0 Å². The van der Waals surface area contributed by atoms with Crippen molar-refractivity contribution in [2.24, 2.45) is 0 Å². The summed E-state index contributed by atoms with van der Waals surface area (Å²) in [5.41, 5.74) is 1.20. The number of likely N-dealkylation sites (tertiary alicyclic amines) is 1. The molecule has 0 bridgehead atoms. The molecule has 1 saturated heterocycles. The molecule has 3 aromatic rings. The number of nitrogens with zero attached hydrogens (tertiary/aromatic N) is 3. The summed E-state index contributed by atoms with van der Waals surface area (Å²) in [4.78, 5) is 18.8. The molecule has 1 unspecified atom stereocenters. The molecule has 0 saturated carbocycles. The average Bonchev–Trinajstić information content (AvgIpc) is 3.38. The maximum atomic E-state index is 13.9. The van der Waals surface area contributed by atoms with Crippen molar-refractivity contribution in [1.29, 1.82) is 0 Å². The Morgan fingerprint density at radius 3 is 2.76 bits per heavy atom. The maximum absolute atomic E-state index is 13.9. The maximum Gasteiger partial charge on any atom is 0.246 e. The Bertz CT molecular complexity index is 990. The molecule has 1 atom stereocenters. The number of rotatable bonds is 6. The quantitative estimate of drug-likeness (QED) is 0.690. The molecule has 1 N–H and O–H groups in total. The lowest BCUT2D eigenvalue weighted by Gasteiger charge is -2.23. The Hall–Kier alpha value is -3.13. The molecule has 0 spiro atoms. The number of carbonyl (C=O) groups is 1. The van der Waals surface area contributed by atoms with Gasteiger partial charge in [-0.2, -0.15) is 4.98 Å². The summed E-state index contributed by atoms with van der Waals surface area (Å²) >= 11 is 0. The van der Waals surface area contributed by atoms with Crippen molar-refractivity contribution in [2.75, 3.05) is 6.54 Å². The first-order chi connectivity index (χ1) is 14.1. The smallest absolute Gasteiger partial charge is 0.246 e. The van der Waals surface area contributed by atoms with Gasteiger partial charge in [0.25, 0.3) is 0 Å². The highest BCUT2D eigenvalue weighted by atomic mass is 19.1. The van der Waals surface area contributed by atoms with E-state index >= 15 is 0 Å². The molecule has 1 amide bonds. The highest BCUT2D eigenvalue weighted by molar-refractivity contribution is 5.81. The van der Waals surface area contributed by atoms with Gasteiger partial charge in [0.05, 0.1) is 12.6 Å². The number of benzene rings is 2. The first-order valence-electron chi connectivity index (χ1n) is 9.44. The van der Waals surface area contributed by atoms with E-state index in [1.807, 2.05) is 4.90 Å². The molecule has 1 aliphatic heterocycles. The third-order valence-corrected chi connectivity index (χ3v) is 4.98. The van der Waals surface area contributed by atoms with Crippen molar-refractivity contribution < 1.29 is 18.1 Å². The van der Waals surface area contributed by atoms with Gasteiger partial charge in [-0.3, -0.25) is 9.69 Å². The van der Waals surface area contributed by atoms with Gasteiger partial charge >= 0.3 is 0 Å². The summed E-state index contributed by atoms with van der Waals surface area (Å²) in [5, 5.41) is 6.67. The molecule has 2 aromatic carbocycles. The molecular formula is C21H20F2N4O2. The lowest BCUT2D eigenvalue weighted by atomic mass is 10.1. The number of hydrogen-bond donors (Lipinski definition) is 1. The van der Waals surface area contributed by atoms with E-state index in [1.165, 1.54) is 18.2 Å². The number of aromatic nitrogens is 2. The Kier molecular flexibility index (Phi) is 5.62. The van der Waals surface area contributed by atoms with E-state index in [-0.39, 0.29) is 36.0 Å². The van der Waals surface area contributed by atoms with Gasteiger partial charge < -0.3 is 9.84 Å². The number of amides is 1. The minimum atomic E-state index is -0.346. The van der Waals surface area contributed by atoms with E-state index in [9.17, 15) is 13.6 Å². The molecule has 29 heavy (non-hydrogen) atoms. The average molecular weight is 398 g/mol. The number of hydrogen-bond acceptors (Lipinski definition) is 5. The predicted molar refractivity (Wildman–Crippen MR) is 101 cm³/mol. The lowest BCUT2D eigenvalue weighted by molar-refractivity contribution is -0.125. The molecule has 4 rings (SSSR count). The molecule has 8 heteroatoms. The van der Waals surface area contributed by atoms with Crippen LogP contribution in [0.15, 0.2) is 53.1 Å². The highest BCUT2D eigenvalue weighted by Gasteiger charge is 2.31. The summed E-state index contributed by atoms with van der Waals surface area (Å²) in [7, 11) is 0. The van der Waals surface area contributed by atoms with Gasteiger partial charge in [-0.1, -0.05) is 23.4 Å². The number of nitrogens with one attached hydrogen (secondary N) is 1.